The average Bonchev–Trinajstić information content (AvgIpc) is 3.09. The quantitative estimate of drug-likeness (QED) is 0.318. The van der Waals surface area contributed by atoms with Crippen molar-refractivity contribution < 1.29 is 19.2 Å². The minimum Gasteiger partial charge on any atom is -0.340 e. The van der Waals surface area contributed by atoms with E-state index in [1.165, 1.54) is 0 Å². The van der Waals surface area contributed by atoms with Gasteiger partial charge in [-0.15, -0.1) is 0 Å². The van der Waals surface area contributed by atoms with E-state index < -0.39 is 11.9 Å². The maximum absolute atomic E-state index is 12.8. The van der Waals surface area contributed by atoms with Gasteiger partial charge in [-0.05, 0) is 49.1 Å². The Morgan fingerprint density at radius 2 is 1.61 bits per heavy atom. The fourth-order valence-electron chi connectivity index (χ4n) is 3.34. The van der Waals surface area contributed by atoms with Gasteiger partial charge in [0.2, 0.25) is 0 Å². The van der Waals surface area contributed by atoms with E-state index in [-0.39, 0.29) is 24.3 Å². The lowest BCUT2D eigenvalue weighted by Gasteiger charge is -2.18. The standard InChI is InChI=1S/C24H26N4O4S/c1-3-17(15-28-23(31)18-11-7-8-12-19(18)24(28)32)26-27-22(30)20(13-14-33-2)25-21(29)16-9-5-4-6-10-16/h4-12,20H,3,13-15H2,1-2H3,(H,25,29)(H,27,30)/t20-/m1/s1. The number of hydrogen-bond acceptors (Lipinski definition) is 6. The second-order valence-corrected chi connectivity index (χ2v) is 8.41. The first-order valence-corrected chi connectivity index (χ1v) is 12.0. The van der Waals surface area contributed by atoms with Crippen LogP contribution >= 0.6 is 11.8 Å². The van der Waals surface area contributed by atoms with E-state index in [9.17, 15) is 19.2 Å². The average molecular weight is 467 g/mol. The summed E-state index contributed by atoms with van der Waals surface area (Å²) in [6.45, 7) is 1.81. The highest BCUT2D eigenvalue weighted by Gasteiger charge is 2.35. The van der Waals surface area contributed by atoms with Crippen LogP contribution in [0.2, 0.25) is 0 Å². The summed E-state index contributed by atoms with van der Waals surface area (Å²) >= 11 is 1.57. The van der Waals surface area contributed by atoms with Crippen molar-refractivity contribution in [2.75, 3.05) is 18.6 Å². The molecule has 0 fully saturated rings. The Bertz CT molecular complexity index is 1040. The number of benzene rings is 2. The van der Waals surface area contributed by atoms with Crippen LogP contribution in [-0.2, 0) is 4.79 Å². The van der Waals surface area contributed by atoms with E-state index in [1.807, 2.05) is 19.2 Å². The number of hydrazone groups is 1. The third-order valence-electron chi connectivity index (χ3n) is 5.22. The third-order valence-corrected chi connectivity index (χ3v) is 5.86. The maximum atomic E-state index is 12.8. The predicted octanol–water partition coefficient (Wildman–Crippen LogP) is 2.72. The zero-order chi connectivity index (χ0) is 23.8. The second-order valence-electron chi connectivity index (χ2n) is 7.42. The molecule has 0 bridgehead atoms. The van der Waals surface area contributed by atoms with Gasteiger partial charge >= 0.3 is 0 Å². The van der Waals surface area contributed by atoms with E-state index in [4.69, 9.17) is 0 Å². The first-order valence-electron chi connectivity index (χ1n) is 10.6. The highest BCUT2D eigenvalue weighted by Crippen LogP contribution is 2.22. The summed E-state index contributed by atoms with van der Waals surface area (Å²) < 4.78 is 0. The first-order chi connectivity index (χ1) is 16.0. The molecule has 8 nitrogen and oxygen atoms in total. The molecule has 1 heterocycles. The van der Waals surface area contributed by atoms with Crippen LogP contribution in [0.15, 0.2) is 59.7 Å². The predicted molar refractivity (Wildman–Crippen MR) is 128 cm³/mol. The van der Waals surface area contributed by atoms with E-state index in [0.717, 1.165) is 4.90 Å². The summed E-state index contributed by atoms with van der Waals surface area (Å²) in [7, 11) is 0. The van der Waals surface area contributed by atoms with Crippen LogP contribution in [0.3, 0.4) is 0 Å². The van der Waals surface area contributed by atoms with E-state index in [1.54, 1.807) is 60.3 Å². The number of carbonyl (C=O) groups excluding carboxylic acids is 4. The van der Waals surface area contributed by atoms with Crippen molar-refractivity contribution in [2.24, 2.45) is 5.10 Å². The van der Waals surface area contributed by atoms with Crippen molar-refractivity contribution in [3.05, 3.63) is 71.3 Å². The molecule has 4 amide bonds. The number of carbonyl (C=O) groups is 4. The van der Waals surface area contributed by atoms with Crippen LogP contribution in [0.1, 0.15) is 50.8 Å². The molecular weight excluding hydrogens is 440 g/mol. The summed E-state index contributed by atoms with van der Waals surface area (Å²) in [5.74, 6) is -0.886. The molecule has 33 heavy (non-hydrogen) atoms. The molecule has 0 saturated heterocycles. The Labute approximate surface area is 196 Å². The highest BCUT2D eigenvalue weighted by molar-refractivity contribution is 7.98. The van der Waals surface area contributed by atoms with Crippen LogP contribution in [0.25, 0.3) is 0 Å². The molecule has 1 atom stereocenters. The summed E-state index contributed by atoms with van der Waals surface area (Å²) in [5.41, 5.74) is 4.16. The fourth-order valence-corrected chi connectivity index (χ4v) is 3.81. The number of thioether (sulfide) groups is 1. The molecular formula is C24H26N4O4S. The molecule has 2 aromatic rings. The van der Waals surface area contributed by atoms with Gasteiger partial charge in [0, 0.05) is 5.56 Å². The molecule has 3 rings (SSSR count). The second kappa shape index (κ2) is 11.4. The van der Waals surface area contributed by atoms with E-state index in [2.05, 4.69) is 15.8 Å². The lowest BCUT2D eigenvalue weighted by Crippen LogP contribution is -2.46. The highest BCUT2D eigenvalue weighted by atomic mass is 32.2. The zero-order valence-corrected chi connectivity index (χ0v) is 19.4. The Hall–Kier alpha value is -3.46. The molecule has 0 radical (unpaired) electrons. The molecule has 0 aromatic heterocycles. The van der Waals surface area contributed by atoms with Gasteiger partial charge in [0.25, 0.3) is 23.6 Å². The molecule has 1 aliphatic heterocycles. The SMILES string of the molecule is CCC(CN1C(=O)c2ccccc2C1=O)=NNC(=O)[C@@H](CCSC)NC(=O)c1ccccc1. The molecule has 9 heteroatoms. The number of imide groups is 1. The van der Waals surface area contributed by atoms with Crippen LogP contribution in [0, 0.1) is 0 Å². The topological polar surface area (TPSA) is 108 Å². The normalized spacial score (nSPS) is 14.1. The molecule has 0 unspecified atom stereocenters. The van der Waals surface area contributed by atoms with Gasteiger partial charge in [0.05, 0.1) is 23.4 Å². The molecule has 0 saturated carbocycles. The van der Waals surface area contributed by atoms with Crippen molar-refractivity contribution >= 4 is 41.1 Å². The lowest BCUT2D eigenvalue weighted by atomic mass is 10.1. The molecule has 172 valence electrons. The third kappa shape index (κ3) is 5.87. The monoisotopic (exact) mass is 466 g/mol. The first kappa shape index (κ1) is 24.2. The molecule has 2 N–H and O–H groups in total. The van der Waals surface area contributed by atoms with Gasteiger partial charge in [-0.3, -0.25) is 24.1 Å². The summed E-state index contributed by atoms with van der Waals surface area (Å²) in [6.07, 6.45) is 2.78. The lowest BCUT2D eigenvalue weighted by molar-refractivity contribution is -0.123. The Morgan fingerprint density at radius 1 is 1.00 bits per heavy atom. The van der Waals surface area contributed by atoms with Gasteiger partial charge in [0.15, 0.2) is 0 Å². The number of nitrogens with zero attached hydrogens (tertiary/aromatic N) is 2. The van der Waals surface area contributed by atoms with E-state index in [0.29, 0.717) is 41.0 Å². The Balaban J connectivity index is 1.66. The van der Waals surface area contributed by atoms with Gasteiger partial charge < -0.3 is 5.32 Å². The number of hydrogen-bond donors (Lipinski definition) is 2. The van der Waals surface area contributed by atoms with Crippen molar-refractivity contribution in [1.29, 1.82) is 0 Å². The molecule has 0 spiro atoms. The van der Waals surface area contributed by atoms with Crippen LogP contribution in [0.4, 0.5) is 0 Å². The zero-order valence-electron chi connectivity index (χ0n) is 18.5. The molecule has 1 aliphatic rings. The van der Waals surface area contributed by atoms with Crippen LogP contribution < -0.4 is 10.7 Å². The minimum absolute atomic E-state index is 0.0189. The Morgan fingerprint density at radius 3 is 2.18 bits per heavy atom. The van der Waals surface area contributed by atoms with E-state index >= 15 is 0 Å². The van der Waals surface area contributed by atoms with Crippen molar-refractivity contribution in [2.45, 2.75) is 25.8 Å². The largest absolute Gasteiger partial charge is 0.340 e. The van der Waals surface area contributed by atoms with Crippen LogP contribution in [-0.4, -0.2) is 58.8 Å². The number of fused-ring (bicyclic) bond motifs is 1. The van der Waals surface area contributed by atoms with Crippen LogP contribution in [0.5, 0.6) is 0 Å². The summed E-state index contributed by atoms with van der Waals surface area (Å²) in [6, 6.07) is 14.5. The van der Waals surface area contributed by atoms with Crippen molar-refractivity contribution in [3.63, 3.8) is 0 Å². The molecule has 2 aromatic carbocycles. The fraction of sp³-hybridized carbons (Fsp3) is 0.292. The number of amides is 4. The maximum Gasteiger partial charge on any atom is 0.262 e. The summed E-state index contributed by atoms with van der Waals surface area (Å²) in [4.78, 5) is 51.6. The van der Waals surface area contributed by atoms with Crippen molar-refractivity contribution in [1.82, 2.24) is 15.6 Å². The van der Waals surface area contributed by atoms with Gasteiger partial charge in [-0.25, -0.2) is 5.43 Å². The smallest absolute Gasteiger partial charge is 0.262 e. The summed E-state index contributed by atoms with van der Waals surface area (Å²) in [5, 5.41) is 6.92. The van der Waals surface area contributed by atoms with Gasteiger partial charge in [-0.1, -0.05) is 37.3 Å². The minimum atomic E-state index is -0.772. The van der Waals surface area contributed by atoms with Gasteiger partial charge in [0.1, 0.15) is 6.04 Å². The number of nitrogens with one attached hydrogen (secondary N) is 2. The molecule has 0 aliphatic carbocycles. The van der Waals surface area contributed by atoms with Crippen molar-refractivity contribution in [3.8, 4) is 0 Å². The number of rotatable bonds is 10. The Kier molecular flexibility index (Phi) is 8.37. The van der Waals surface area contributed by atoms with Gasteiger partial charge in [-0.2, -0.15) is 16.9 Å².